The SMILES string of the molecule is CCCCCCCCCCCCCC[N+](C)(C)C1CCCCC1.OOO. The molecule has 26 heavy (non-hydrogen) atoms. The fraction of sp³-hybridized carbons (Fsp3) is 1.00. The second-order valence-electron chi connectivity index (χ2n) is 8.76. The third-order valence-corrected chi connectivity index (χ3v) is 6.15. The standard InChI is InChI=1S/C22H46N.H2O3/c1-4-5-6-7-8-9-10-11-12-13-14-18-21-23(2,3)22-19-16-15-17-20-22;1-3-2/h22H,4-21H2,1-3H3;1-2H/q+1;. The Morgan fingerprint density at radius 3 is 1.50 bits per heavy atom. The molecule has 0 aromatic rings. The molecule has 1 fully saturated rings. The summed E-state index contributed by atoms with van der Waals surface area (Å²) in [4.78, 5) is 0. The highest BCUT2D eigenvalue weighted by Crippen LogP contribution is 2.26. The third kappa shape index (κ3) is 15.0. The zero-order valence-electron chi connectivity index (χ0n) is 18.1. The number of unbranched alkanes of at least 4 members (excludes halogenated alkanes) is 11. The molecule has 0 spiro atoms. The van der Waals surface area contributed by atoms with E-state index in [1.807, 2.05) is 0 Å². The van der Waals surface area contributed by atoms with Crippen LogP contribution in [0.3, 0.4) is 0 Å². The Hall–Kier alpha value is -0.160. The first-order valence-electron chi connectivity index (χ1n) is 11.4. The minimum Gasteiger partial charge on any atom is -0.326 e. The Labute approximate surface area is 163 Å². The van der Waals surface area contributed by atoms with E-state index >= 15 is 0 Å². The highest BCUT2D eigenvalue weighted by Gasteiger charge is 2.28. The minimum atomic E-state index is 0.955. The van der Waals surface area contributed by atoms with Crippen LogP contribution in [0.25, 0.3) is 0 Å². The summed E-state index contributed by atoms with van der Waals surface area (Å²) in [5, 5.41) is 15.5. The van der Waals surface area contributed by atoms with Crippen LogP contribution in [0.15, 0.2) is 0 Å². The topological polar surface area (TPSA) is 49.7 Å². The second-order valence-corrected chi connectivity index (χ2v) is 8.76. The Balaban J connectivity index is 0.00000194. The van der Waals surface area contributed by atoms with Crippen LogP contribution in [0.2, 0.25) is 0 Å². The molecule has 0 heterocycles. The molecular formula is C22H48NO3+. The maximum atomic E-state index is 6.62. The maximum absolute atomic E-state index is 6.62. The summed E-state index contributed by atoms with van der Waals surface area (Å²) in [5.41, 5.74) is 0. The van der Waals surface area contributed by atoms with Gasteiger partial charge in [-0.2, -0.15) is 0 Å². The molecule has 1 saturated carbocycles. The monoisotopic (exact) mass is 374 g/mol. The van der Waals surface area contributed by atoms with Gasteiger partial charge in [0.05, 0.1) is 26.7 Å². The normalized spacial score (nSPS) is 15.6. The summed E-state index contributed by atoms with van der Waals surface area (Å²) >= 11 is 0. The van der Waals surface area contributed by atoms with Crippen molar-refractivity contribution in [2.45, 2.75) is 122 Å². The summed E-state index contributed by atoms with van der Waals surface area (Å²) in [5.74, 6) is 0. The van der Waals surface area contributed by atoms with Gasteiger partial charge in [-0.3, -0.25) is 0 Å². The molecule has 0 amide bonds. The van der Waals surface area contributed by atoms with Crippen molar-refractivity contribution in [3.8, 4) is 0 Å². The number of quaternary nitrogens is 1. The van der Waals surface area contributed by atoms with E-state index < -0.39 is 0 Å². The lowest BCUT2D eigenvalue weighted by atomic mass is 9.93. The van der Waals surface area contributed by atoms with Crippen LogP contribution in [0.5, 0.6) is 0 Å². The lowest BCUT2D eigenvalue weighted by molar-refractivity contribution is -0.916. The smallest absolute Gasteiger partial charge is 0.0886 e. The first-order valence-corrected chi connectivity index (χ1v) is 11.4. The van der Waals surface area contributed by atoms with E-state index in [4.69, 9.17) is 10.5 Å². The van der Waals surface area contributed by atoms with Gasteiger partial charge in [-0.15, -0.1) is 0 Å². The highest BCUT2D eigenvalue weighted by molar-refractivity contribution is 4.65. The average molecular weight is 375 g/mol. The Bertz CT molecular complexity index is 279. The Morgan fingerprint density at radius 1 is 0.692 bits per heavy atom. The van der Waals surface area contributed by atoms with Gasteiger partial charge in [0, 0.05) is 0 Å². The molecule has 4 heteroatoms. The summed E-state index contributed by atoms with van der Waals surface area (Å²) in [6.07, 6.45) is 24.9. The third-order valence-electron chi connectivity index (χ3n) is 6.15. The number of nitrogens with zero attached hydrogens (tertiary/aromatic N) is 1. The maximum Gasteiger partial charge on any atom is 0.0886 e. The molecule has 4 nitrogen and oxygen atoms in total. The molecule has 0 aromatic heterocycles. The van der Waals surface area contributed by atoms with E-state index in [0.29, 0.717) is 0 Å². The molecule has 158 valence electrons. The highest BCUT2D eigenvalue weighted by atomic mass is 17.4. The molecule has 0 saturated heterocycles. The predicted molar refractivity (Wildman–Crippen MR) is 111 cm³/mol. The van der Waals surface area contributed by atoms with Crippen molar-refractivity contribution in [1.82, 2.24) is 0 Å². The Morgan fingerprint density at radius 2 is 1.08 bits per heavy atom. The van der Waals surface area contributed by atoms with E-state index in [9.17, 15) is 0 Å². The van der Waals surface area contributed by atoms with Crippen LogP contribution in [0.1, 0.15) is 116 Å². The Kier molecular flexibility index (Phi) is 18.1. The van der Waals surface area contributed by atoms with Crippen LogP contribution in [-0.2, 0) is 5.04 Å². The van der Waals surface area contributed by atoms with Crippen molar-refractivity contribution in [2.24, 2.45) is 0 Å². The largest absolute Gasteiger partial charge is 0.326 e. The van der Waals surface area contributed by atoms with E-state index in [1.54, 1.807) is 0 Å². The van der Waals surface area contributed by atoms with Crippen LogP contribution in [0, 0.1) is 0 Å². The zero-order chi connectivity index (χ0) is 19.5. The molecule has 0 unspecified atom stereocenters. The zero-order valence-corrected chi connectivity index (χ0v) is 18.1. The van der Waals surface area contributed by atoms with Gasteiger partial charge >= 0.3 is 0 Å². The van der Waals surface area contributed by atoms with Crippen molar-refractivity contribution in [3.63, 3.8) is 0 Å². The van der Waals surface area contributed by atoms with Gasteiger partial charge < -0.3 is 4.48 Å². The summed E-state index contributed by atoms with van der Waals surface area (Å²) in [6, 6.07) is 0.955. The molecule has 0 aliphatic heterocycles. The molecule has 0 radical (unpaired) electrons. The number of hydrogen-bond donors (Lipinski definition) is 2. The molecule has 1 aliphatic carbocycles. The van der Waals surface area contributed by atoms with Gasteiger partial charge in [-0.05, 0) is 38.5 Å². The van der Waals surface area contributed by atoms with Gasteiger partial charge in [0.2, 0.25) is 0 Å². The van der Waals surface area contributed by atoms with Gasteiger partial charge in [0.25, 0.3) is 0 Å². The molecule has 0 bridgehead atoms. The predicted octanol–water partition coefficient (Wildman–Crippen LogP) is 7.05. The fourth-order valence-corrected chi connectivity index (χ4v) is 4.32. The molecular weight excluding hydrogens is 326 g/mol. The minimum absolute atomic E-state index is 0.955. The second kappa shape index (κ2) is 18.2. The lowest BCUT2D eigenvalue weighted by Crippen LogP contribution is -2.50. The van der Waals surface area contributed by atoms with E-state index in [1.165, 1.54) is 120 Å². The molecule has 0 atom stereocenters. The van der Waals surface area contributed by atoms with E-state index in [2.05, 4.69) is 26.1 Å². The van der Waals surface area contributed by atoms with Crippen LogP contribution < -0.4 is 0 Å². The molecule has 2 N–H and O–H groups in total. The molecule has 1 rings (SSSR count). The van der Waals surface area contributed by atoms with Gasteiger partial charge in [0.15, 0.2) is 0 Å². The number of hydrogen-bond acceptors (Lipinski definition) is 3. The van der Waals surface area contributed by atoms with Crippen molar-refractivity contribution >= 4 is 0 Å². The van der Waals surface area contributed by atoms with Crippen LogP contribution in [-0.4, -0.2) is 41.7 Å². The first-order chi connectivity index (χ1) is 12.6. The van der Waals surface area contributed by atoms with E-state index in [0.717, 1.165) is 6.04 Å². The first kappa shape index (κ1) is 25.8. The van der Waals surface area contributed by atoms with Crippen LogP contribution >= 0.6 is 0 Å². The van der Waals surface area contributed by atoms with Crippen molar-refractivity contribution in [3.05, 3.63) is 0 Å². The molecule has 0 aromatic carbocycles. The fourth-order valence-electron chi connectivity index (χ4n) is 4.32. The van der Waals surface area contributed by atoms with Crippen molar-refractivity contribution < 1.29 is 20.0 Å². The van der Waals surface area contributed by atoms with Gasteiger partial charge in [0.1, 0.15) is 0 Å². The van der Waals surface area contributed by atoms with Gasteiger partial charge in [-0.1, -0.05) is 82.6 Å². The summed E-state index contributed by atoms with van der Waals surface area (Å²) in [7, 11) is 4.96. The van der Waals surface area contributed by atoms with Crippen LogP contribution in [0.4, 0.5) is 0 Å². The van der Waals surface area contributed by atoms with Crippen molar-refractivity contribution in [2.75, 3.05) is 20.6 Å². The van der Waals surface area contributed by atoms with E-state index in [-0.39, 0.29) is 0 Å². The average Bonchev–Trinajstić information content (AvgIpc) is 2.64. The van der Waals surface area contributed by atoms with Crippen molar-refractivity contribution in [1.29, 1.82) is 0 Å². The quantitative estimate of drug-likeness (QED) is 0.148. The summed E-state index contributed by atoms with van der Waals surface area (Å²) < 4.78 is 1.29. The van der Waals surface area contributed by atoms with Gasteiger partial charge in [-0.25, -0.2) is 10.5 Å². The summed E-state index contributed by atoms with van der Waals surface area (Å²) in [6.45, 7) is 3.71. The lowest BCUT2D eigenvalue weighted by Gasteiger charge is -2.40. The number of rotatable bonds is 14. The molecule has 1 aliphatic rings.